The minimum absolute atomic E-state index is 0.204. The first-order valence-corrected chi connectivity index (χ1v) is 4.48. The van der Waals surface area contributed by atoms with Crippen LogP contribution in [0, 0.1) is 0 Å². The number of benzene rings is 1. The molecule has 1 aromatic rings. The number of carbonyl (C=O) groups is 1. The molecule has 15 heavy (non-hydrogen) atoms. The average molecular weight is 206 g/mol. The predicted molar refractivity (Wildman–Crippen MR) is 53.6 cm³/mol. The second-order valence-corrected chi connectivity index (χ2v) is 3.10. The Labute approximate surface area is 86.4 Å². The fourth-order valence-electron chi connectivity index (χ4n) is 1.25. The van der Waals surface area contributed by atoms with Gasteiger partial charge < -0.3 is 9.84 Å². The average Bonchev–Trinajstić information content (AvgIpc) is 2.30. The summed E-state index contributed by atoms with van der Waals surface area (Å²) in [5.41, 5.74) is 4.12. The zero-order chi connectivity index (χ0) is 10.7. The monoisotopic (exact) mass is 206 g/mol. The van der Waals surface area contributed by atoms with Crippen LogP contribution in [0.3, 0.4) is 0 Å². The van der Waals surface area contributed by atoms with Gasteiger partial charge in [-0.25, -0.2) is 0 Å². The van der Waals surface area contributed by atoms with Gasteiger partial charge in [0, 0.05) is 5.56 Å². The zero-order valence-electron chi connectivity index (χ0n) is 7.88. The summed E-state index contributed by atoms with van der Waals surface area (Å²) in [5.74, 6) is 0.204. The van der Waals surface area contributed by atoms with Crippen molar-refractivity contribution in [3.63, 3.8) is 0 Å². The van der Waals surface area contributed by atoms with Crippen LogP contribution in [0.1, 0.15) is 5.56 Å². The molecule has 1 aliphatic heterocycles. The number of nitrogens with zero attached hydrogens (tertiary/aromatic N) is 1. The second-order valence-electron chi connectivity index (χ2n) is 3.10. The fourth-order valence-corrected chi connectivity index (χ4v) is 1.25. The lowest BCUT2D eigenvalue weighted by molar-refractivity contribution is -0.119. The molecule has 2 rings (SSSR count). The first-order valence-electron chi connectivity index (χ1n) is 4.48. The van der Waals surface area contributed by atoms with Gasteiger partial charge in [-0.15, -0.1) is 0 Å². The number of phenolic OH excluding ortho intramolecular Hbond substituents is 1. The Hall–Kier alpha value is -1.88. The molecule has 0 bridgehead atoms. The van der Waals surface area contributed by atoms with Gasteiger partial charge in [-0.05, 0) is 24.3 Å². The lowest BCUT2D eigenvalue weighted by atomic mass is 10.1. The molecule has 0 aliphatic carbocycles. The van der Waals surface area contributed by atoms with E-state index < -0.39 is 6.23 Å². The molecule has 0 fully saturated rings. The Bertz CT molecular complexity index is 386. The number of aromatic hydroxyl groups is 1. The Morgan fingerprint density at radius 1 is 1.47 bits per heavy atom. The highest BCUT2D eigenvalue weighted by atomic mass is 16.5. The molecule has 0 spiro atoms. The quantitative estimate of drug-likeness (QED) is 0.680. The maximum Gasteiger partial charge on any atom is 0.199 e. The standard InChI is InChI=1S/C10H10N2O3/c13-5-10-12-11-9(6-15-10)7-1-3-8(14)4-2-7/h1-5,10,12,14H,6H2. The number of carbonyl (C=O) groups excluding carboxylic acids is 1. The summed E-state index contributed by atoms with van der Waals surface area (Å²) in [4.78, 5) is 10.4. The molecular weight excluding hydrogens is 196 g/mol. The number of phenols is 1. The predicted octanol–water partition coefficient (Wildman–Crippen LogP) is 0.241. The minimum atomic E-state index is -0.661. The summed E-state index contributed by atoms with van der Waals surface area (Å²) < 4.78 is 5.15. The normalized spacial score (nSPS) is 20.3. The van der Waals surface area contributed by atoms with Gasteiger partial charge in [-0.1, -0.05) is 0 Å². The van der Waals surface area contributed by atoms with Crippen LogP contribution in [0.25, 0.3) is 0 Å². The molecule has 1 atom stereocenters. The van der Waals surface area contributed by atoms with Crippen LogP contribution in [0.2, 0.25) is 0 Å². The summed E-state index contributed by atoms with van der Waals surface area (Å²) in [7, 11) is 0. The first-order chi connectivity index (χ1) is 7.29. The third-order valence-corrected chi connectivity index (χ3v) is 2.05. The number of hydrogen-bond acceptors (Lipinski definition) is 5. The van der Waals surface area contributed by atoms with E-state index >= 15 is 0 Å². The topological polar surface area (TPSA) is 70.9 Å². The van der Waals surface area contributed by atoms with Gasteiger partial charge in [-0.2, -0.15) is 5.10 Å². The van der Waals surface area contributed by atoms with E-state index in [4.69, 9.17) is 9.84 Å². The maximum atomic E-state index is 10.4. The SMILES string of the molecule is O=CC1NN=C(c2ccc(O)cc2)CO1. The van der Waals surface area contributed by atoms with E-state index in [1.165, 1.54) is 0 Å². The van der Waals surface area contributed by atoms with Crippen molar-refractivity contribution in [3.05, 3.63) is 29.8 Å². The Morgan fingerprint density at radius 3 is 2.73 bits per heavy atom. The largest absolute Gasteiger partial charge is 0.508 e. The lowest BCUT2D eigenvalue weighted by Gasteiger charge is -2.19. The second kappa shape index (κ2) is 4.10. The molecule has 5 nitrogen and oxygen atoms in total. The van der Waals surface area contributed by atoms with Crippen LogP contribution >= 0.6 is 0 Å². The van der Waals surface area contributed by atoms with Crippen molar-refractivity contribution >= 4 is 12.0 Å². The van der Waals surface area contributed by atoms with E-state index in [2.05, 4.69) is 10.5 Å². The van der Waals surface area contributed by atoms with Gasteiger partial charge in [0.1, 0.15) is 5.75 Å². The zero-order valence-corrected chi connectivity index (χ0v) is 7.88. The van der Waals surface area contributed by atoms with Crippen molar-refractivity contribution in [1.29, 1.82) is 0 Å². The van der Waals surface area contributed by atoms with Gasteiger partial charge >= 0.3 is 0 Å². The van der Waals surface area contributed by atoms with E-state index in [-0.39, 0.29) is 12.4 Å². The van der Waals surface area contributed by atoms with Crippen LogP contribution in [0.15, 0.2) is 29.4 Å². The molecule has 0 aromatic heterocycles. The van der Waals surface area contributed by atoms with E-state index in [0.717, 1.165) is 5.56 Å². The van der Waals surface area contributed by atoms with Crippen molar-refractivity contribution in [2.24, 2.45) is 5.10 Å². The number of aldehydes is 1. The van der Waals surface area contributed by atoms with E-state index in [1.54, 1.807) is 24.3 Å². The Balaban J connectivity index is 2.15. The highest BCUT2D eigenvalue weighted by molar-refractivity contribution is 6.01. The van der Waals surface area contributed by atoms with Gasteiger partial charge in [0.25, 0.3) is 0 Å². The number of rotatable bonds is 2. The fraction of sp³-hybridized carbons (Fsp3) is 0.200. The molecule has 1 aliphatic rings. The van der Waals surface area contributed by atoms with Crippen molar-refractivity contribution in [1.82, 2.24) is 5.43 Å². The molecule has 0 saturated heterocycles. The molecular formula is C10H10N2O3. The smallest absolute Gasteiger partial charge is 0.199 e. The number of hydrazone groups is 1. The summed E-state index contributed by atoms with van der Waals surface area (Å²) in [6.07, 6.45) is -0.0113. The van der Waals surface area contributed by atoms with E-state index in [1.807, 2.05) is 0 Å². The van der Waals surface area contributed by atoms with Crippen LogP contribution < -0.4 is 5.43 Å². The van der Waals surface area contributed by atoms with Gasteiger partial charge in [-0.3, -0.25) is 10.2 Å². The third-order valence-electron chi connectivity index (χ3n) is 2.05. The number of hydrogen-bond donors (Lipinski definition) is 2. The Morgan fingerprint density at radius 2 is 2.20 bits per heavy atom. The van der Waals surface area contributed by atoms with Gasteiger partial charge in [0.2, 0.25) is 0 Å². The van der Waals surface area contributed by atoms with Crippen LogP contribution in [-0.4, -0.2) is 29.9 Å². The first kappa shape index (κ1) is 9.67. The number of ether oxygens (including phenoxy) is 1. The highest BCUT2D eigenvalue weighted by Crippen LogP contribution is 2.11. The van der Waals surface area contributed by atoms with Crippen molar-refractivity contribution in [2.45, 2.75) is 6.23 Å². The maximum absolute atomic E-state index is 10.4. The molecule has 1 unspecified atom stereocenters. The summed E-state index contributed by atoms with van der Waals surface area (Å²) >= 11 is 0. The number of nitrogens with one attached hydrogen (secondary N) is 1. The molecule has 0 radical (unpaired) electrons. The summed E-state index contributed by atoms with van der Waals surface area (Å²) in [6.45, 7) is 0.279. The van der Waals surface area contributed by atoms with Crippen molar-refractivity contribution < 1.29 is 14.6 Å². The van der Waals surface area contributed by atoms with E-state index in [0.29, 0.717) is 12.0 Å². The van der Waals surface area contributed by atoms with Crippen molar-refractivity contribution in [3.8, 4) is 5.75 Å². The molecule has 1 aromatic carbocycles. The van der Waals surface area contributed by atoms with Gasteiger partial charge in [0.15, 0.2) is 12.5 Å². The third kappa shape index (κ3) is 2.13. The minimum Gasteiger partial charge on any atom is -0.508 e. The summed E-state index contributed by atoms with van der Waals surface area (Å²) in [5, 5.41) is 13.1. The Kier molecular flexibility index (Phi) is 2.64. The van der Waals surface area contributed by atoms with Gasteiger partial charge in [0.05, 0.1) is 12.3 Å². The van der Waals surface area contributed by atoms with E-state index in [9.17, 15) is 4.79 Å². The molecule has 5 heteroatoms. The highest BCUT2D eigenvalue weighted by Gasteiger charge is 2.15. The van der Waals surface area contributed by atoms with Crippen LogP contribution in [-0.2, 0) is 9.53 Å². The molecule has 0 saturated carbocycles. The molecule has 1 heterocycles. The van der Waals surface area contributed by atoms with Crippen LogP contribution in [0.4, 0.5) is 0 Å². The molecule has 78 valence electrons. The van der Waals surface area contributed by atoms with Crippen LogP contribution in [0.5, 0.6) is 5.75 Å². The van der Waals surface area contributed by atoms with Crippen molar-refractivity contribution in [2.75, 3.05) is 6.61 Å². The molecule has 0 amide bonds. The molecule has 2 N–H and O–H groups in total. The lowest BCUT2D eigenvalue weighted by Crippen LogP contribution is -2.37. The summed E-state index contributed by atoms with van der Waals surface area (Å²) in [6, 6.07) is 6.62.